The van der Waals surface area contributed by atoms with E-state index >= 15 is 0 Å². The first-order valence-electron chi connectivity index (χ1n) is 6.97. The maximum Gasteiger partial charge on any atom is 0.229 e. The Hall–Kier alpha value is -2.03. The molecule has 0 aliphatic heterocycles. The Labute approximate surface area is 120 Å². The molecule has 104 valence electrons. The third kappa shape index (κ3) is 3.10. The van der Waals surface area contributed by atoms with Gasteiger partial charge in [-0.15, -0.1) is 0 Å². The SMILES string of the molecule is CC(C)c1cccc(C(=O)c2cccc(C(C)C)n2)n1. The van der Waals surface area contributed by atoms with E-state index in [0.29, 0.717) is 23.2 Å². The quantitative estimate of drug-likeness (QED) is 0.788. The van der Waals surface area contributed by atoms with Crippen molar-refractivity contribution in [2.24, 2.45) is 0 Å². The van der Waals surface area contributed by atoms with Crippen molar-refractivity contribution in [1.82, 2.24) is 9.97 Å². The van der Waals surface area contributed by atoms with Gasteiger partial charge in [0.05, 0.1) is 0 Å². The van der Waals surface area contributed by atoms with E-state index < -0.39 is 0 Å². The molecule has 0 saturated heterocycles. The number of rotatable bonds is 4. The molecule has 0 saturated carbocycles. The van der Waals surface area contributed by atoms with Gasteiger partial charge in [0, 0.05) is 11.4 Å². The predicted octanol–water partition coefficient (Wildman–Crippen LogP) is 3.95. The zero-order valence-corrected chi connectivity index (χ0v) is 12.4. The molecule has 0 aromatic carbocycles. The molecule has 0 spiro atoms. The highest BCUT2D eigenvalue weighted by Crippen LogP contribution is 2.15. The van der Waals surface area contributed by atoms with E-state index in [1.807, 2.05) is 24.3 Å². The molecule has 0 bridgehead atoms. The van der Waals surface area contributed by atoms with Crippen molar-refractivity contribution in [3.8, 4) is 0 Å². The predicted molar refractivity (Wildman–Crippen MR) is 80.1 cm³/mol. The van der Waals surface area contributed by atoms with Gasteiger partial charge >= 0.3 is 0 Å². The molecule has 2 aromatic rings. The highest BCUT2D eigenvalue weighted by molar-refractivity contribution is 6.06. The second-order valence-electron chi connectivity index (χ2n) is 5.53. The fourth-order valence-electron chi connectivity index (χ4n) is 1.93. The van der Waals surface area contributed by atoms with Gasteiger partial charge in [-0.05, 0) is 36.1 Å². The van der Waals surface area contributed by atoms with Crippen molar-refractivity contribution in [3.63, 3.8) is 0 Å². The summed E-state index contributed by atoms with van der Waals surface area (Å²) in [4.78, 5) is 21.3. The topological polar surface area (TPSA) is 42.9 Å². The summed E-state index contributed by atoms with van der Waals surface area (Å²) in [5, 5.41) is 0. The number of hydrogen-bond acceptors (Lipinski definition) is 3. The number of pyridine rings is 2. The van der Waals surface area contributed by atoms with Crippen molar-refractivity contribution in [3.05, 3.63) is 59.2 Å². The molecule has 0 fully saturated rings. The zero-order chi connectivity index (χ0) is 14.7. The summed E-state index contributed by atoms with van der Waals surface area (Å²) in [5.74, 6) is 0.491. The van der Waals surface area contributed by atoms with Crippen molar-refractivity contribution < 1.29 is 4.79 Å². The van der Waals surface area contributed by atoms with Crippen LogP contribution >= 0.6 is 0 Å². The fourth-order valence-corrected chi connectivity index (χ4v) is 1.93. The first kappa shape index (κ1) is 14.4. The number of nitrogens with zero attached hydrogens (tertiary/aromatic N) is 2. The summed E-state index contributed by atoms with van der Waals surface area (Å²) in [6.07, 6.45) is 0. The molecule has 0 unspecified atom stereocenters. The van der Waals surface area contributed by atoms with Gasteiger partial charge in [-0.1, -0.05) is 39.8 Å². The third-order valence-corrected chi connectivity index (χ3v) is 3.19. The maximum atomic E-state index is 12.5. The van der Waals surface area contributed by atoms with Crippen LogP contribution in [-0.4, -0.2) is 15.8 Å². The second-order valence-corrected chi connectivity index (χ2v) is 5.53. The van der Waals surface area contributed by atoms with Crippen LogP contribution in [0, 0.1) is 0 Å². The van der Waals surface area contributed by atoms with Gasteiger partial charge in [0.2, 0.25) is 5.78 Å². The number of ketones is 1. The summed E-state index contributed by atoms with van der Waals surface area (Å²) >= 11 is 0. The molecule has 3 nitrogen and oxygen atoms in total. The molecular formula is C17H20N2O. The number of carbonyl (C=O) groups is 1. The molecule has 20 heavy (non-hydrogen) atoms. The average Bonchev–Trinajstić information content (AvgIpc) is 2.46. The number of hydrogen-bond donors (Lipinski definition) is 0. The molecule has 0 N–H and O–H groups in total. The highest BCUT2D eigenvalue weighted by Gasteiger charge is 2.14. The van der Waals surface area contributed by atoms with Gasteiger partial charge in [-0.2, -0.15) is 0 Å². The monoisotopic (exact) mass is 268 g/mol. The van der Waals surface area contributed by atoms with Crippen LogP contribution < -0.4 is 0 Å². The number of aromatic nitrogens is 2. The lowest BCUT2D eigenvalue weighted by Crippen LogP contribution is -2.09. The lowest BCUT2D eigenvalue weighted by molar-refractivity contribution is 0.102. The zero-order valence-electron chi connectivity index (χ0n) is 12.4. The average molecular weight is 268 g/mol. The van der Waals surface area contributed by atoms with Crippen molar-refractivity contribution in [1.29, 1.82) is 0 Å². The first-order valence-corrected chi connectivity index (χ1v) is 6.97. The highest BCUT2D eigenvalue weighted by atomic mass is 16.1. The summed E-state index contributed by atoms with van der Waals surface area (Å²) in [5.41, 5.74) is 2.78. The van der Waals surface area contributed by atoms with E-state index in [2.05, 4.69) is 37.7 Å². The Morgan fingerprint density at radius 2 is 1.20 bits per heavy atom. The Bertz CT molecular complexity index is 564. The van der Waals surface area contributed by atoms with Crippen LogP contribution in [0.1, 0.15) is 67.1 Å². The van der Waals surface area contributed by atoms with Gasteiger partial charge in [0.15, 0.2) is 0 Å². The second kappa shape index (κ2) is 5.95. The normalized spacial score (nSPS) is 11.1. The molecule has 0 radical (unpaired) electrons. The Kier molecular flexibility index (Phi) is 4.28. The molecule has 3 heteroatoms. The lowest BCUT2D eigenvalue weighted by atomic mass is 10.1. The summed E-state index contributed by atoms with van der Waals surface area (Å²) in [7, 11) is 0. The molecule has 0 aliphatic carbocycles. The van der Waals surface area contributed by atoms with Crippen molar-refractivity contribution >= 4 is 5.78 Å². The molecule has 0 amide bonds. The first-order chi connectivity index (χ1) is 9.49. The minimum absolute atomic E-state index is 0.116. The Morgan fingerprint density at radius 1 is 0.800 bits per heavy atom. The van der Waals surface area contributed by atoms with E-state index in [-0.39, 0.29) is 5.78 Å². The Balaban J connectivity index is 2.36. The van der Waals surface area contributed by atoms with E-state index in [0.717, 1.165) is 11.4 Å². The van der Waals surface area contributed by atoms with Crippen LogP contribution in [0.3, 0.4) is 0 Å². The van der Waals surface area contributed by atoms with Crippen LogP contribution in [0.25, 0.3) is 0 Å². The van der Waals surface area contributed by atoms with Crippen LogP contribution in [0.15, 0.2) is 36.4 Å². The van der Waals surface area contributed by atoms with Crippen molar-refractivity contribution in [2.75, 3.05) is 0 Å². The standard InChI is InChI=1S/C17H20N2O/c1-11(2)13-7-5-9-15(18-13)17(20)16-10-6-8-14(19-16)12(3)4/h5-12H,1-4H3. The van der Waals surface area contributed by atoms with E-state index in [9.17, 15) is 4.79 Å². The summed E-state index contributed by atoms with van der Waals surface area (Å²) in [6, 6.07) is 11.1. The van der Waals surface area contributed by atoms with Gasteiger partial charge in [0.25, 0.3) is 0 Å². The minimum atomic E-state index is -0.116. The largest absolute Gasteiger partial charge is 0.285 e. The van der Waals surface area contributed by atoms with E-state index in [1.165, 1.54) is 0 Å². The lowest BCUT2D eigenvalue weighted by Gasteiger charge is -2.08. The third-order valence-electron chi connectivity index (χ3n) is 3.19. The molecule has 2 rings (SSSR count). The summed E-state index contributed by atoms with van der Waals surface area (Å²) in [6.45, 7) is 8.25. The molecule has 2 heterocycles. The minimum Gasteiger partial charge on any atom is -0.285 e. The van der Waals surface area contributed by atoms with Gasteiger partial charge in [-0.3, -0.25) is 4.79 Å². The maximum absolute atomic E-state index is 12.5. The molecule has 0 aliphatic rings. The van der Waals surface area contributed by atoms with Gasteiger partial charge in [0.1, 0.15) is 11.4 Å². The summed E-state index contributed by atoms with van der Waals surface area (Å²) < 4.78 is 0. The van der Waals surface area contributed by atoms with E-state index in [1.54, 1.807) is 12.1 Å². The van der Waals surface area contributed by atoms with Gasteiger partial charge < -0.3 is 0 Å². The number of carbonyl (C=O) groups excluding carboxylic acids is 1. The van der Waals surface area contributed by atoms with Crippen LogP contribution in [-0.2, 0) is 0 Å². The fraction of sp³-hybridized carbons (Fsp3) is 0.353. The van der Waals surface area contributed by atoms with Crippen LogP contribution in [0.5, 0.6) is 0 Å². The Morgan fingerprint density at radius 3 is 1.55 bits per heavy atom. The van der Waals surface area contributed by atoms with E-state index in [4.69, 9.17) is 0 Å². The van der Waals surface area contributed by atoms with Crippen LogP contribution in [0.4, 0.5) is 0 Å². The molecule has 0 atom stereocenters. The van der Waals surface area contributed by atoms with Gasteiger partial charge in [-0.25, -0.2) is 9.97 Å². The smallest absolute Gasteiger partial charge is 0.229 e. The van der Waals surface area contributed by atoms with Crippen LogP contribution in [0.2, 0.25) is 0 Å². The van der Waals surface area contributed by atoms with Crippen molar-refractivity contribution in [2.45, 2.75) is 39.5 Å². The molecule has 2 aromatic heterocycles. The molecular weight excluding hydrogens is 248 g/mol.